The number of morpholine rings is 1. The first-order valence-electron chi connectivity index (χ1n) is 9.56. The SMILES string of the molecule is CCN(CC)S(=O)(=O)c1ccc(CN[C@@H](C)CC(=O)N2CCOCC2)cc1. The first kappa shape index (κ1) is 21.8. The number of sulfonamides is 1. The summed E-state index contributed by atoms with van der Waals surface area (Å²) in [7, 11) is -3.43. The van der Waals surface area contributed by atoms with E-state index in [0.29, 0.717) is 57.3 Å². The fourth-order valence-corrected chi connectivity index (χ4v) is 4.52. The Morgan fingerprint density at radius 2 is 1.78 bits per heavy atom. The standard InChI is InChI=1S/C19H31N3O4S/c1-4-22(5-2)27(24,25)18-8-6-17(7-9-18)15-20-16(3)14-19(23)21-10-12-26-13-11-21/h6-9,16,20H,4-5,10-15H2,1-3H3/t16-/m0/s1. The van der Waals surface area contributed by atoms with Crippen molar-refractivity contribution in [3.63, 3.8) is 0 Å². The van der Waals surface area contributed by atoms with Crippen LogP contribution in [0.2, 0.25) is 0 Å². The first-order chi connectivity index (χ1) is 12.9. The molecule has 0 spiro atoms. The zero-order chi connectivity index (χ0) is 19.9. The maximum Gasteiger partial charge on any atom is 0.243 e. The molecule has 1 heterocycles. The van der Waals surface area contributed by atoms with Crippen LogP contribution in [0.15, 0.2) is 29.2 Å². The van der Waals surface area contributed by atoms with Gasteiger partial charge in [-0.25, -0.2) is 8.42 Å². The summed E-state index contributed by atoms with van der Waals surface area (Å²) < 4.78 is 31.7. The molecule has 1 N–H and O–H groups in total. The molecule has 1 aromatic carbocycles. The molecule has 1 aliphatic rings. The first-order valence-corrected chi connectivity index (χ1v) is 11.0. The van der Waals surface area contributed by atoms with E-state index in [0.717, 1.165) is 5.56 Å². The topological polar surface area (TPSA) is 79.0 Å². The average Bonchev–Trinajstić information content (AvgIpc) is 2.68. The van der Waals surface area contributed by atoms with E-state index in [9.17, 15) is 13.2 Å². The van der Waals surface area contributed by atoms with Gasteiger partial charge in [-0.3, -0.25) is 4.79 Å². The highest BCUT2D eigenvalue weighted by Crippen LogP contribution is 2.16. The number of ether oxygens (including phenoxy) is 1. The van der Waals surface area contributed by atoms with Crippen molar-refractivity contribution in [2.24, 2.45) is 0 Å². The van der Waals surface area contributed by atoms with Crippen LogP contribution in [0.3, 0.4) is 0 Å². The van der Waals surface area contributed by atoms with Gasteiger partial charge >= 0.3 is 0 Å². The van der Waals surface area contributed by atoms with Crippen LogP contribution in [0.1, 0.15) is 32.8 Å². The zero-order valence-electron chi connectivity index (χ0n) is 16.5. The smallest absolute Gasteiger partial charge is 0.243 e. The lowest BCUT2D eigenvalue weighted by Crippen LogP contribution is -2.43. The van der Waals surface area contributed by atoms with Crippen molar-refractivity contribution in [2.75, 3.05) is 39.4 Å². The molecule has 0 unspecified atom stereocenters. The summed E-state index contributed by atoms with van der Waals surface area (Å²) in [5.41, 5.74) is 0.985. The average molecular weight is 398 g/mol. The van der Waals surface area contributed by atoms with E-state index in [1.807, 2.05) is 37.8 Å². The molecule has 2 rings (SSSR count). The minimum Gasteiger partial charge on any atom is -0.378 e. The lowest BCUT2D eigenvalue weighted by molar-refractivity contribution is -0.135. The number of carbonyl (C=O) groups is 1. The van der Waals surface area contributed by atoms with E-state index >= 15 is 0 Å². The Morgan fingerprint density at radius 1 is 1.19 bits per heavy atom. The van der Waals surface area contributed by atoms with Crippen LogP contribution >= 0.6 is 0 Å². The highest BCUT2D eigenvalue weighted by Gasteiger charge is 2.21. The second-order valence-electron chi connectivity index (χ2n) is 6.71. The van der Waals surface area contributed by atoms with Gasteiger partial charge in [-0.15, -0.1) is 0 Å². The van der Waals surface area contributed by atoms with Crippen molar-refractivity contribution in [3.8, 4) is 0 Å². The molecule has 27 heavy (non-hydrogen) atoms. The predicted octanol–water partition coefficient (Wildman–Crippen LogP) is 1.44. The molecule has 1 atom stereocenters. The van der Waals surface area contributed by atoms with Crippen LogP contribution in [-0.4, -0.2) is 69.0 Å². The summed E-state index contributed by atoms with van der Waals surface area (Å²) in [4.78, 5) is 14.4. The lowest BCUT2D eigenvalue weighted by Gasteiger charge is -2.28. The molecular weight excluding hydrogens is 366 g/mol. The quantitative estimate of drug-likeness (QED) is 0.682. The number of nitrogens with zero attached hydrogens (tertiary/aromatic N) is 2. The van der Waals surface area contributed by atoms with Gasteiger partial charge in [0.15, 0.2) is 0 Å². The highest BCUT2D eigenvalue weighted by molar-refractivity contribution is 7.89. The Hall–Kier alpha value is -1.48. The molecule has 1 amide bonds. The molecule has 1 saturated heterocycles. The van der Waals surface area contributed by atoms with E-state index in [1.54, 1.807) is 12.1 Å². The predicted molar refractivity (Wildman–Crippen MR) is 105 cm³/mol. The third kappa shape index (κ3) is 6.00. The monoisotopic (exact) mass is 397 g/mol. The van der Waals surface area contributed by atoms with E-state index in [2.05, 4.69) is 5.32 Å². The third-order valence-corrected chi connectivity index (χ3v) is 6.83. The van der Waals surface area contributed by atoms with Crippen molar-refractivity contribution < 1.29 is 17.9 Å². The molecule has 0 radical (unpaired) electrons. The molecule has 152 valence electrons. The number of carbonyl (C=O) groups excluding carboxylic acids is 1. The van der Waals surface area contributed by atoms with Crippen LogP contribution in [0.25, 0.3) is 0 Å². The molecule has 1 aromatic rings. The third-order valence-electron chi connectivity index (χ3n) is 4.77. The number of hydrogen-bond acceptors (Lipinski definition) is 5. The van der Waals surface area contributed by atoms with Crippen LogP contribution < -0.4 is 5.32 Å². The van der Waals surface area contributed by atoms with Gasteiger partial charge in [0.25, 0.3) is 0 Å². The molecule has 1 fully saturated rings. The maximum absolute atomic E-state index is 12.5. The molecule has 8 heteroatoms. The Balaban J connectivity index is 1.86. The molecule has 0 aromatic heterocycles. The molecular formula is C19H31N3O4S. The van der Waals surface area contributed by atoms with Crippen LogP contribution in [0.5, 0.6) is 0 Å². The fourth-order valence-electron chi connectivity index (χ4n) is 3.06. The van der Waals surface area contributed by atoms with Crippen molar-refractivity contribution >= 4 is 15.9 Å². The Bertz CT molecular complexity index is 696. The maximum atomic E-state index is 12.5. The Kier molecular flexibility index (Phi) is 8.22. The summed E-state index contributed by atoms with van der Waals surface area (Å²) in [6, 6.07) is 6.97. The number of rotatable bonds is 9. The zero-order valence-corrected chi connectivity index (χ0v) is 17.3. The van der Waals surface area contributed by atoms with E-state index in [-0.39, 0.29) is 11.9 Å². The summed E-state index contributed by atoms with van der Waals surface area (Å²) in [5.74, 6) is 0.138. The van der Waals surface area contributed by atoms with Crippen molar-refractivity contribution in [2.45, 2.75) is 44.7 Å². The number of nitrogens with one attached hydrogen (secondary N) is 1. The summed E-state index contributed by atoms with van der Waals surface area (Å²) >= 11 is 0. The fraction of sp³-hybridized carbons (Fsp3) is 0.632. The minimum absolute atomic E-state index is 0.0411. The molecule has 1 aliphatic heterocycles. The Labute approximate surface area is 162 Å². The molecule has 7 nitrogen and oxygen atoms in total. The van der Waals surface area contributed by atoms with Gasteiger partial charge < -0.3 is 15.0 Å². The highest BCUT2D eigenvalue weighted by atomic mass is 32.2. The van der Waals surface area contributed by atoms with E-state index in [4.69, 9.17) is 4.74 Å². The van der Waals surface area contributed by atoms with Crippen molar-refractivity contribution in [1.82, 2.24) is 14.5 Å². The number of amides is 1. The van der Waals surface area contributed by atoms with Crippen LogP contribution in [0.4, 0.5) is 0 Å². The van der Waals surface area contributed by atoms with Gasteiger partial charge in [0.1, 0.15) is 0 Å². The van der Waals surface area contributed by atoms with E-state index in [1.165, 1.54) is 4.31 Å². The summed E-state index contributed by atoms with van der Waals surface area (Å²) in [5, 5.41) is 3.33. The van der Waals surface area contributed by atoms with Crippen LogP contribution in [0, 0.1) is 0 Å². The second kappa shape index (κ2) is 10.2. The largest absolute Gasteiger partial charge is 0.378 e. The van der Waals surface area contributed by atoms with Gasteiger partial charge in [0.2, 0.25) is 15.9 Å². The van der Waals surface area contributed by atoms with Crippen molar-refractivity contribution in [1.29, 1.82) is 0 Å². The van der Waals surface area contributed by atoms with Gasteiger partial charge in [0.05, 0.1) is 18.1 Å². The molecule has 0 bridgehead atoms. The molecule has 0 saturated carbocycles. The van der Waals surface area contributed by atoms with E-state index < -0.39 is 10.0 Å². The van der Waals surface area contributed by atoms with Crippen molar-refractivity contribution in [3.05, 3.63) is 29.8 Å². The van der Waals surface area contributed by atoms with Gasteiger partial charge in [-0.2, -0.15) is 4.31 Å². The summed E-state index contributed by atoms with van der Waals surface area (Å²) in [6.07, 6.45) is 0.439. The Morgan fingerprint density at radius 3 is 2.33 bits per heavy atom. The van der Waals surface area contributed by atoms with Gasteiger partial charge in [-0.1, -0.05) is 26.0 Å². The lowest BCUT2D eigenvalue weighted by atomic mass is 10.1. The number of benzene rings is 1. The minimum atomic E-state index is -3.43. The molecule has 0 aliphatic carbocycles. The number of hydrogen-bond donors (Lipinski definition) is 1. The van der Waals surface area contributed by atoms with Gasteiger partial charge in [0, 0.05) is 45.2 Å². The summed E-state index contributed by atoms with van der Waals surface area (Å²) in [6.45, 7) is 9.68. The van der Waals surface area contributed by atoms with Gasteiger partial charge in [-0.05, 0) is 24.6 Å². The normalized spacial score (nSPS) is 16.5. The second-order valence-corrected chi connectivity index (χ2v) is 8.65. The van der Waals surface area contributed by atoms with Crippen LogP contribution in [-0.2, 0) is 26.1 Å².